The zero-order valence-corrected chi connectivity index (χ0v) is 26.0. The van der Waals surface area contributed by atoms with E-state index in [9.17, 15) is 0 Å². The summed E-state index contributed by atoms with van der Waals surface area (Å²) in [6.07, 6.45) is 8.98. The van der Waals surface area contributed by atoms with Crippen LogP contribution in [0, 0.1) is 0 Å². The van der Waals surface area contributed by atoms with Crippen LogP contribution in [0.1, 0.15) is 43.4 Å². The van der Waals surface area contributed by atoms with Crippen molar-refractivity contribution in [2.24, 2.45) is 0 Å². The molecule has 218 valence electrons. The summed E-state index contributed by atoms with van der Waals surface area (Å²) in [4.78, 5) is 0. The summed E-state index contributed by atoms with van der Waals surface area (Å²) >= 11 is 0. The molecular formula is C45H32O. The molecule has 10 rings (SSSR count). The minimum atomic E-state index is -0.132. The summed E-state index contributed by atoms with van der Waals surface area (Å²) in [6.45, 7) is 4.78. The van der Waals surface area contributed by atoms with Crippen molar-refractivity contribution in [1.29, 1.82) is 0 Å². The van der Waals surface area contributed by atoms with Gasteiger partial charge in [-0.1, -0.05) is 123 Å². The number of allylic oxidation sites excluding steroid dienone is 4. The molecule has 0 aliphatic heterocycles. The lowest BCUT2D eigenvalue weighted by Crippen LogP contribution is -2.15. The number of hydrogen-bond donors (Lipinski definition) is 0. The Balaban J connectivity index is 1.24. The first-order valence-electron chi connectivity index (χ1n) is 16.4. The molecule has 46 heavy (non-hydrogen) atoms. The lowest BCUT2D eigenvalue weighted by atomic mass is 9.80. The molecule has 0 unspecified atom stereocenters. The molecule has 1 aromatic heterocycles. The van der Waals surface area contributed by atoms with E-state index in [-0.39, 0.29) is 5.41 Å². The molecule has 1 heteroatoms. The van der Waals surface area contributed by atoms with Crippen molar-refractivity contribution in [2.75, 3.05) is 0 Å². The average Bonchev–Trinajstić information content (AvgIpc) is 3.57. The van der Waals surface area contributed by atoms with E-state index >= 15 is 0 Å². The minimum absolute atomic E-state index is 0.132. The maximum atomic E-state index is 6.27. The van der Waals surface area contributed by atoms with Gasteiger partial charge in [0.2, 0.25) is 0 Å². The maximum Gasteiger partial charge on any atom is 0.136 e. The molecule has 0 saturated carbocycles. The number of rotatable bonds is 2. The molecule has 0 spiro atoms. The Morgan fingerprint density at radius 1 is 0.543 bits per heavy atom. The molecular weight excluding hydrogens is 556 g/mol. The Labute approximate surface area is 268 Å². The molecule has 8 aromatic rings. The van der Waals surface area contributed by atoms with Crippen molar-refractivity contribution in [1.82, 2.24) is 0 Å². The zero-order chi connectivity index (χ0) is 30.6. The van der Waals surface area contributed by atoms with E-state index < -0.39 is 0 Å². The highest BCUT2D eigenvalue weighted by Gasteiger charge is 2.37. The molecule has 0 radical (unpaired) electrons. The second-order valence-corrected chi connectivity index (χ2v) is 13.5. The highest BCUT2D eigenvalue weighted by Crippen LogP contribution is 2.54. The van der Waals surface area contributed by atoms with Crippen molar-refractivity contribution in [3.8, 4) is 22.3 Å². The third kappa shape index (κ3) is 3.46. The van der Waals surface area contributed by atoms with Gasteiger partial charge < -0.3 is 4.42 Å². The quantitative estimate of drug-likeness (QED) is 0.183. The van der Waals surface area contributed by atoms with Crippen LogP contribution >= 0.6 is 0 Å². The first kappa shape index (κ1) is 25.9. The van der Waals surface area contributed by atoms with Gasteiger partial charge in [0, 0.05) is 16.2 Å². The second-order valence-electron chi connectivity index (χ2n) is 13.5. The Hall–Kier alpha value is -5.40. The maximum absolute atomic E-state index is 6.27. The second kappa shape index (κ2) is 9.31. The number of para-hydroxylation sites is 1. The lowest BCUT2D eigenvalue weighted by Gasteiger charge is -2.23. The molecule has 1 nitrogen and oxygen atoms in total. The van der Waals surface area contributed by atoms with Crippen molar-refractivity contribution >= 4 is 59.8 Å². The molecule has 0 atom stereocenters. The SMILES string of the molecule is CC1(C)c2cc(-c3c4ccccc4c(C4=CC=CCC4)c4ccccc34)ccc2-c2c1ccc1cc3oc4ccccc4c3cc21. The lowest BCUT2D eigenvalue weighted by molar-refractivity contribution is 0.661. The van der Waals surface area contributed by atoms with Gasteiger partial charge in [0.15, 0.2) is 0 Å². The van der Waals surface area contributed by atoms with Crippen molar-refractivity contribution in [3.05, 3.63) is 150 Å². The first-order valence-corrected chi connectivity index (χ1v) is 16.4. The monoisotopic (exact) mass is 588 g/mol. The Bertz CT molecular complexity index is 2600. The van der Waals surface area contributed by atoms with Gasteiger partial charge in [-0.3, -0.25) is 0 Å². The topological polar surface area (TPSA) is 13.1 Å². The Morgan fingerprint density at radius 3 is 1.96 bits per heavy atom. The van der Waals surface area contributed by atoms with Gasteiger partial charge in [-0.2, -0.15) is 0 Å². The molecule has 2 aliphatic carbocycles. The highest BCUT2D eigenvalue weighted by atomic mass is 16.3. The van der Waals surface area contributed by atoms with Crippen molar-refractivity contribution in [3.63, 3.8) is 0 Å². The Morgan fingerprint density at radius 2 is 1.24 bits per heavy atom. The molecule has 0 amide bonds. The first-order chi connectivity index (χ1) is 22.6. The van der Waals surface area contributed by atoms with E-state index in [1.54, 1.807) is 0 Å². The van der Waals surface area contributed by atoms with Crippen LogP contribution < -0.4 is 0 Å². The van der Waals surface area contributed by atoms with Crippen molar-refractivity contribution in [2.45, 2.75) is 32.1 Å². The van der Waals surface area contributed by atoms with Gasteiger partial charge in [0.05, 0.1) is 0 Å². The van der Waals surface area contributed by atoms with Crippen LogP contribution in [0.3, 0.4) is 0 Å². The summed E-state index contributed by atoms with van der Waals surface area (Å²) in [5.74, 6) is 0. The van der Waals surface area contributed by atoms with Gasteiger partial charge in [-0.15, -0.1) is 0 Å². The van der Waals surface area contributed by atoms with Gasteiger partial charge in [-0.05, 0) is 114 Å². The molecule has 0 fully saturated rings. The largest absolute Gasteiger partial charge is 0.456 e. The molecule has 0 bridgehead atoms. The summed E-state index contributed by atoms with van der Waals surface area (Å²) in [5, 5.41) is 10.2. The number of furan rings is 1. The summed E-state index contributed by atoms with van der Waals surface area (Å²) in [7, 11) is 0. The predicted octanol–water partition coefficient (Wildman–Crippen LogP) is 12.8. The fourth-order valence-electron chi connectivity index (χ4n) is 8.53. The van der Waals surface area contributed by atoms with Crippen LogP contribution in [0.25, 0.3) is 82.1 Å². The van der Waals surface area contributed by atoms with Crippen LogP contribution in [-0.2, 0) is 5.41 Å². The fourth-order valence-corrected chi connectivity index (χ4v) is 8.53. The molecule has 7 aromatic carbocycles. The normalized spacial score (nSPS) is 15.2. The number of hydrogen-bond acceptors (Lipinski definition) is 1. The summed E-state index contributed by atoms with van der Waals surface area (Å²) in [6, 6.07) is 42.9. The summed E-state index contributed by atoms with van der Waals surface area (Å²) < 4.78 is 6.27. The van der Waals surface area contributed by atoms with Crippen LogP contribution in [0.2, 0.25) is 0 Å². The molecule has 0 N–H and O–H groups in total. The van der Waals surface area contributed by atoms with Gasteiger partial charge in [-0.25, -0.2) is 0 Å². The fraction of sp³-hybridized carbons (Fsp3) is 0.111. The predicted molar refractivity (Wildman–Crippen MR) is 196 cm³/mol. The van der Waals surface area contributed by atoms with Crippen LogP contribution in [0.5, 0.6) is 0 Å². The van der Waals surface area contributed by atoms with Gasteiger partial charge in [0.25, 0.3) is 0 Å². The molecule has 2 aliphatic rings. The van der Waals surface area contributed by atoms with E-state index in [4.69, 9.17) is 4.42 Å². The van der Waals surface area contributed by atoms with E-state index in [1.165, 1.54) is 87.6 Å². The van der Waals surface area contributed by atoms with E-state index in [0.29, 0.717) is 0 Å². The average molecular weight is 589 g/mol. The van der Waals surface area contributed by atoms with Crippen LogP contribution in [0.4, 0.5) is 0 Å². The molecule has 0 saturated heterocycles. The standard InChI is InChI=1S/C45H32O/c1-45(2)38-23-21-28-25-41-37(30-14-10-11-19-40(30)46-41)26-36(28)44(38)35-22-20-29(24-39(35)45)43-33-17-8-6-15-31(33)42(27-12-4-3-5-13-27)32-16-7-9-18-34(32)43/h3-4,6-12,14-26H,5,13H2,1-2H3. The van der Waals surface area contributed by atoms with Crippen molar-refractivity contribution < 1.29 is 4.42 Å². The van der Waals surface area contributed by atoms with Gasteiger partial charge in [0.1, 0.15) is 11.2 Å². The zero-order valence-electron chi connectivity index (χ0n) is 26.0. The minimum Gasteiger partial charge on any atom is -0.456 e. The van der Waals surface area contributed by atoms with E-state index in [0.717, 1.165) is 24.0 Å². The number of fused-ring (bicyclic) bond motifs is 10. The van der Waals surface area contributed by atoms with E-state index in [1.807, 2.05) is 6.07 Å². The van der Waals surface area contributed by atoms with Gasteiger partial charge >= 0.3 is 0 Å². The highest BCUT2D eigenvalue weighted by molar-refractivity contribution is 6.19. The number of benzene rings is 7. The smallest absolute Gasteiger partial charge is 0.136 e. The Kier molecular flexibility index (Phi) is 5.24. The van der Waals surface area contributed by atoms with Crippen LogP contribution in [0.15, 0.2) is 138 Å². The third-order valence-corrected chi connectivity index (χ3v) is 10.7. The van der Waals surface area contributed by atoms with E-state index in [2.05, 4.69) is 141 Å². The molecule has 1 heterocycles. The third-order valence-electron chi connectivity index (χ3n) is 10.7. The summed E-state index contributed by atoms with van der Waals surface area (Å²) in [5.41, 5.74) is 12.7. The van der Waals surface area contributed by atoms with Crippen LogP contribution in [-0.4, -0.2) is 0 Å².